The fourth-order valence-electron chi connectivity index (χ4n) is 2.08. The van der Waals surface area contributed by atoms with Crippen molar-refractivity contribution < 1.29 is 29.9 Å². The van der Waals surface area contributed by atoms with Crippen LogP contribution in [0.1, 0.15) is 32.1 Å². The number of hydrogen-bond donors (Lipinski definition) is 3. The third-order valence-corrected chi connectivity index (χ3v) is 2.92. The van der Waals surface area contributed by atoms with Gasteiger partial charge in [0.1, 0.15) is 0 Å². The predicted molar refractivity (Wildman–Crippen MR) is 59.4 cm³/mol. The molecule has 0 aromatic heterocycles. The van der Waals surface area contributed by atoms with Crippen molar-refractivity contribution in [2.45, 2.75) is 32.1 Å². The highest BCUT2D eigenvalue weighted by Gasteiger charge is 2.11. The molecular formula is C11H24Cl2N2O-2. The van der Waals surface area contributed by atoms with Crippen LogP contribution in [0.25, 0.3) is 0 Å². The zero-order valence-corrected chi connectivity index (χ0v) is 11.4. The van der Waals surface area contributed by atoms with Crippen LogP contribution in [0, 0.1) is 5.92 Å². The van der Waals surface area contributed by atoms with Crippen molar-refractivity contribution in [1.82, 2.24) is 10.6 Å². The molecule has 0 aliphatic heterocycles. The van der Waals surface area contributed by atoms with Crippen LogP contribution in [-0.2, 0) is 0 Å². The summed E-state index contributed by atoms with van der Waals surface area (Å²) in [5.74, 6) is 0.918. The summed E-state index contributed by atoms with van der Waals surface area (Å²) in [7, 11) is 0. The first-order valence-electron chi connectivity index (χ1n) is 5.96. The minimum atomic E-state index is 0. The fourth-order valence-corrected chi connectivity index (χ4v) is 2.08. The van der Waals surface area contributed by atoms with Gasteiger partial charge in [0, 0.05) is 19.6 Å². The van der Waals surface area contributed by atoms with E-state index in [1.54, 1.807) is 0 Å². The molecular weight excluding hydrogens is 247 g/mol. The smallest absolute Gasteiger partial charge is 0.0555 e. The summed E-state index contributed by atoms with van der Waals surface area (Å²) >= 11 is 0. The van der Waals surface area contributed by atoms with E-state index >= 15 is 0 Å². The number of halogens is 2. The highest BCUT2D eigenvalue weighted by molar-refractivity contribution is 4.68. The lowest BCUT2D eigenvalue weighted by atomic mass is 9.89. The van der Waals surface area contributed by atoms with Crippen molar-refractivity contribution in [2.24, 2.45) is 5.92 Å². The molecule has 1 rings (SSSR count). The highest BCUT2D eigenvalue weighted by Crippen LogP contribution is 2.22. The molecule has 0 aromatic rings. The molecule has 0 atom stereocenters. The first-order valence-corrected chi connectivity index (χ1v) is 5.96. The lowest BCUT2D eigenvalue weighted by molar-refractivity contribution is -0.001000. The number of aliphatic hydroxyl groups excluding tert-OH is 1. The second-order valence-corrected chi connectivity index (χ2v) is 4.18. The number of rotatable bonds is 7. The van der Waals surface area contributed by atoms with E-state index in [1.807, 2.05) is 0 Å². The first kappa shape index (κ1) is 18.8. The Hall–Kier alpha value is 0.460. The van der Waals surface area contributed by atoms with Crippen molar-refractivity contribution >= 4 is 0 Å². The Bertz CT molecular complexity index is 133. The normalized spacial score (nSPS) is 16.3. The van der Waals surface area contributed by atoms with Gasteiger partial charge in [-0.1, -0.05) is 19.3 Å². The van der Waals surface area contributed by atoms with Gasteiger partial charge in [0.05, 0.1) is 6.61 Å². The molecule has 100 valence electrons. The van der Waals surface area contributed by atoms with Gasteiger partial charge >= 0.3 is 0 Å². The van der Waals surface area contributed by atoms with Crippen molar-refractivity contribution in [3.05, 3.63) is 0 Å². The van der Waals surface area contributed by atoms with Crippen LogP contribution in [0.15, 0.2) is 0 Å². The largest absolute Gasteiger partial charge is 1.00 e. The van der Waals surface area contributed by atoms with Crippen LogP contribution in [0.4, 0.5) is 0 Å². The van der Waals surface area contributed by atoms with Gasteiger partial charge in [-0.3, -0.25) is 0 Å². The second-order valence-electron chi connectivity index (χ2n) is 4.18. The zero-order chi connectivity index (χ0) is 10.1. The zero-order valence-electron chi connectivity index (χ0n) is 9.85. The maximum absolute atomic E-state index is 8.54. The van der Waals surface area contributed by atoms with E-state index in [0.717, 1.165) is 19.0 Å². The van der Waals surface area contributed by atoms with Gasteiger partial charge in [0.15, 0.2) is 0 Å². The molecule has 3 nitrogen and oxygen atoms in total. The summed E-state index contributed by atoms with van der Waals surface area (Å²) in [6.07, 6.45) is 7.12. The topological polar surface area (TPSA) is 44.3 Å². The van der Waals surface area contributed by atoms with E-state index < -0.39 is 0 Å². The average molecular weight is 271 g/mol. The van der Waals surface area contributed by atoms with Gasteiger partial charge in [-0.05, 0) is 25.3 Å². The van der Waals surface area contributed by atoms with Gasteiger partial charge in [-0.15, -0.1) is 0 Å². The molecule has 0 radical (unpaired) electrons. The molecule has 16 heavy (non-hydrogen) atoms. The van der Waals surface area contributed by atoms with Gasteiger partial charge in [-0.25, -0.2) is 0 Å². The van der Waals surface area contributed by atoms with Crippen molar-refractivity contribution in [3.8, 4) is 0 Å². The summed E-state index contributed by atoms with van der Waals surface area (Å²) in [4.78, 5) is 0. The summed E-state index contributed by atoms with van der Waals surface area (Å²) in [6, 6.07) is 0. The van der Waals surface area contributed by atoms with Gasteiger partial charge in [0.2, 0.25) is 0 Å². The molecule has 0 bridgehead atoms. The molecule has 0 amide bonds. The highest BCUT2D eigenvalue weighted by atomic mass is 35.5. The molecule has 1 aliphatic rings. The minimum Gasteiger partial charge on any atom is -1.00 e. The Morgan fingerprint density at radius 1 is 0.875 bits per heavy atom. The number of nitrogens with one attached hydrogen (secondary N) is 2. The van der Waals surface area contributed by atoms with Crippen molar-refractivity contribution in [3.63, 3.8) is 0 Å². The molecule has 0 heterocycles. The Morgan fingerprint density at radius 2 is 1.50 bits per heavy atom. The molecule has 5 heteroatoms. The minimum absolute atomic E-state index is 0. The quantitative estimate of drug-likeness (QED) is 0.406. The summed E-state index contributed by atoms with van der Waals surface area (Å²) in [6.45, 7) is 4.12. The fraction of sp³-hybridized carbons (Fsp3) is 1.00. The van der Waals surface area contributed by atoms with Gasteiger partial charge in [-0.2, -0.15) is 0 Å². The standard InChI is InChI=1S/C11H24N2O.2ClH/c14-9-8-12-6-7-13-10-11-4-2-1-3-5-11;;/h11-14H,1-10H2;2*1H/p-2. The van der Waals surface area contributed by atoms with E-state index in [-0.39, 0.29) is 31.4 Å². The molecule has 1 saturated carbocycles. The van der Waals surface area contributed by atoms with E-state index in [4.69, 9.17) is 5.11 Å². The Morgan fingerprint density at radius 3 is 2.12 bits per heavy atom. The third-order valence-electron chi connectivity index (χ3n) is 2.92. The molecule has 1 aliphatic carbocycles. The van der Waals surface area contributed by atoms with Crippen LogP contribution in [0.5, 0.6) is 0 Å². The number of aliphatic hydroxyl groups is 1. The molecule has 0 unspecified atom stereocenters. The molecule has 1 fully saturated rings. The van der Waals surface area contributed by atoms with Crippen LogP contribution < -0.4 is 35.4 Å². The molecule has 0 aromatic carbocycles. The summed E-state index contributed by atoms with van der Waals surface area (Å²) in [5.41, 5.74) is 0. The van der Waals surface area contributed by atoms with Crippen molar-refractivity contribution in [2.75, 3.05) is 32.8 Å². The summed E-state index contributed by atoms with van der Waals surface area (Å²) in [5, 5.41) is 15.2. The van der Waals surface area contributed by atoms with Gasteiger partial charge < -0.3 is 40.6 Å². The molecule has 3 N–H and O–H groups in total. The van der Waals surface area contributed by atoms with Crippen LogP contribution >= 0.6 is 0 Å². The summed E-state index contributed by atoms with van der Waals surface area (Å²) < 4.78 is 0. The molecule has 0 spiro atoms. The van der Waals surface area contributed by atoms with E-state index in [2.05, 4.69) is 10.6 Å². The lowest BCUT2D eigenvalue weighted by Gasteiger charge is -2.21. The molecule has 0 saturated heterocycles. The van der Waals surface area contributed by atoms with Crippen LogP contribution in [0.2, 0.25) is 0 Å². The van der Waals surface area contributed by atoms with E-state index in [1.165, 1.54) is 38.6 Å². The van der Waals surface area contributed by atoms with E-state index in [0.29, 0.717) is 6.54 Å². The maximum atomic E-state index is 8.54. The SMILES string of the molecule is OCCNCCNCC1CCCCC1.[Cl-].[Cl-]. The number of hydrogen-bond acceptors (Lipinski definition) is 3. The second kappa shape index (κ2) is 13.5. The third kappa shape index (κ3) is 9.67. The average Bonchev–Trinajstić information content (AvgIpc) is 2.25. The predicted octanol–water partition coefficient (Wildman–Crippen LogP) is -5.25. The Balaban J connectivity index is 0. The van der Waals surface area contributed by atoms with Gasteiger partial charge in [0.25, 0.3) is 0 Å². The van der Waals surface area contributed by atoms with Crippen molar-refractivity contribution in [1.29, 1.82) is 0 Å². The van der Waals surface area contributed by atoms with E-state index in [9.17, 15) is 0 Å². The van der Waals surface area contributed by atoms with Crippen LogP contribution in [-0.4, -0.2) is 37.9 Å². The lowest BCUT2D eigenvalue weighted by Crippen LogP contribution is -3.00. The monoisotopic (exact) mass is 270 g/mol. The first-order chi connectivity index (χ1) is 6.93. The Labute approximate surface area is 112 Å². The maximum Gasteiger partial charge on any atom is 0.0555 e. The Kier molecular flexibility index (Phi) is 15.9. The van der Waals surface area contributed by atoms with Crippen LogP contribution in [0.3, 0.4) is 0 Å².